The SMILES string of the molecule is CCCCCCC(=O)NCCOC(=O)c1ccc(OC)cc1. The van der Waals surface area contributed by atoms with E-state index >= 15 is 0 Å². The lowest BCUT2D eigenvalue weighted by molar-refractivity contribution is -0.121. The molecular formula is C17H25NO4. The first kappa shape index (κ1) is 18.0. The topological polar surface area (TPSA) is 64.6 Å². The standard InChI is InChI=1S/C17H25NO4/c1-3-4-5-6-7-16(19)18-12-13-22-17(20)14-8-10-15(21-2)11-9-14/h8-11H,3-7,12-13H2,1-2H3,(H,18,19). The van der Waals surface area contributed by atoms with Crippen LogP contribution in [0.4, 0.5) is 0 Å². The van der Waals surface area contributed by atoms with Crippen LogP contribution in [0.25, 0.3) is 0 Å². The van der Waals surface area contributed by atoms with Crippen molar-refractivity contribution in [2.24, 2.45) is 0 Å². The number of methoxy groups -OCH3 is 1. The minimum atomic E-state index is -0.403. The van der Waals surface area contributed by atoms with Crippen LogP contribution in [0.5, 0.6) is 5.75 Å². The smallest absolute Gasteiger partial charge is 0.338 e. The van der Waals surface area contributed by atoms with Crippen molar-refractivity contribution in [3.8, 4) is 5.75 Å². The molecule has 0 spiro atoms. The first-order valence-corrected chi connectivity index (χ1v) is 7.75. The third kappa shape index (κ3) is 7.11. The lowest BCUT2D eigenvalue weighted by Gasteiger charge is -2.07. The van der Waals surface area contributed by atoms with Crippen molar-refractivity contribution in [2.75, 3.05) is 20.3 Å². The third-order valence-electron chi connectivity index (χ3n) is 3.24. The van der Waals surface area contributed by atoms with Crippen molar-refractivity contribution in [3.63, 3.8) is 0 Å². The maximum absolute atomic E-state index is 11.8. The van der Waals surface area contributed by atoms with E-state index in [1.54, 1.807) is 31.4 Å². The molecule has 0 fully saturated rings. The Morgan fingerprint density at radius 3 is 2.45 bits per heavy atom. The van der Waals surface area contributed by atoms with Crippen molar-refractivity contribution < 1.29 is 19.1 Å². The minimum Gasteiger partial charge on any atom is -0.497 e. The van der Waals surface area contributed by atoms with Crippen LogP contribution >= 0.6 is 0 Å². The van der Waals surface area contributed by atoms with Gasteiger partial charge < -0.3 is 14.8 Å². The summed E-state index contributed by atoms with van der Waals surface area (Å²) in [5, 5.41) is 2.75. The average molecular weight is 307 g/mol. The molecule has 1 N–H and O–H groups in total. The lowest BCUT2D eigenvalue weighted by atomic mass is 10.1. The van der Waals surface area contributed by atoms with Crippen molar-refractivity contribution in [2.45, 2.75) is 39.0 Å². The highest BCUT2D eigenvalue weighted by molar-refractivity contribution is 5.89. The van der Waals surface area contributed by atoms with Crippen LogP contribution in [-0.4, -0.2) is 32.1 Å². The van der Waals surface area contributed by atoms with Crippen LogP contribution in [0.15, 0.2) is 24.3 Å². The Morgan fingerprint density at radius 1 is 1.09 bits per heavy atom. The molecule has 0 radical (unpaired) electrons. The Labute approximate surface area is 132 Å². The fourth-order valence-corrected chi connectivity index (χ4v) is 1.95. The molecule has 0 atom stereocenters. The molecule has 0 saturated heterocycles. The van der Waals surface area contributed by atoms with E-state index in [9.17, 15) is 9.59 Å². The zero-order valence-corrected chi connectivity index (χ0v) is 13.4. The van der Waals surface area contributed by atoms with Gasteiger partial charge in [-0.05, 0) is 30.7 Å². The number of esters is 1. The lowest BCUT2D eigenvalue weighted by Crippen LogP contribution is -2.27. The molecular weight excluding hydrogens is 282 g/mol. The Bertz CT molecular complexity index is 456. The van der Waals surface area contributed by atoms with E-state index in [1.165, 1.54) is 0 Å². The number of rotatable bonds is 10. The molecule has 0 saturated carbocycles. The molecule has 5 heteroatoms. The van der Waals surface area contributed by atoms with E-state index in [2.05, 4.69) is 12.2 Å². The normalized spacial score (nSPS) is 10.1. The van der Waals surface area contributed by atoms with Gasteiger partial charge in [0.1, 0.15) is 12.4 Å². The zero-order chi connectivity index (χ0) is 16.2. The summed E-state index contributed by atoms with van der Waals surface area (Å²) in [6.07, 6.45) is 4.84. The van der Waals surface area contributed by atoms with E-state index in [1.807, 2.05) is 0 Å². The molecule has 0 aliphatic carbocycles. The number of ether oxygens (including phenoxy) is 2. The summed E-state index contributed by atoms with van der Waals surface area (Å²) >= 11 is 0. The highest BCUT2D eigenvalue weighted by Gasteiger charge is 2.07. The number of unbranched alkanes of at least 4 members (excludes halogenated alkanes) is 3. The predicted octanol–water partition coefficient (Wildman–Crippen LogP) is 2.94. The maximum atomic E-state index is 11.8. The van der Waals surface area contributed by atoms with Crippen LogP contribution in [0, 0.1) is 0 Å². The fourth-order valence-electron chi connectivity index (χ4n) is 1.95. The Kier molecular flexibility index (Phi) is 8.72. The van der Waals surface area contributed by atoms with Crippen LogP contribution in [0.1, 0.15) is 49.4 Å². The number of benzene rings is 1. The molecule has 5 nitrogen and oxygen atoms in total. The summed E-state index contributed by atoms with van der Waals surface area (Å²) in [6, 6.07) is 6.70. The van der Waals surface area contributed by atoms with E-state index < -0.39 is 5.97 Å². The Hall–Kier alpha value is -2.04. The van der Waals surface area contributed by atoms with Crippen LogP contribution < -0.4 is 10.1 Å². The second-order valence-corrected chi connectivity index (χ2v) is 5.03. The van der Waals surface area contributed by atoms with Gasteiger partial charge in [-0.15, -0.1) is 0 Å². The largest absolute Gasteiger partial charge is 0.497 e. The summed E-state index contributed by atoms with van der Waals surface area (Å²) in [5.74, 6) is 0.295. The summed E-state index contributed by atoms with van der Waals surface area (Å²) in [5.41, 5.74) is 0.465. The summed E-state index contributed by atoms with van der Waals surface area (Å²) in [7, 11) is 1.57. The Balaban J connectivity index is 2.15. The van der Waals surface area contributed by atoms with Crippen LogP contribution in [0.3, 0.4) is 0 Å². The number of nitrogens with one attached hydrogen (secondary N) is 1. The molecule has 22 heavy (non-hydrogen) atoms. The monoisotopic (exact) mass is 307 g/mol. The van der Waals surface area contributed by atoms with Gasteiger partial charge in [-0.25, -0.2) is 4.79 Å². The van der Waals surface area contributed by atoms with Gasteiger partial charge in [-0.2, -0.15) is 0 Å². The summed E-state index contributed by atoms with van der Waals surface area (Å²) < 4.78 is 10.1. The quantitative estimate of drug-likeness (QED) is 0.533. The highest BCUT2D eigenvalue weighted by Crippen LogP contribution is 2.11. The summed E-state index contributed by atoms with van der Waals surface area (Å²) in [4.78, 5) is 23.3. The first-order valence-electron chi connectivity index (χ1n) is 7.75. The van der Waals surface area contributed by atoms with E-state index in [-0.39, 0.29) is 12.5 Å². The van der Waals surface area contributed by atoms with Crippen LogP contribution in [0.2, 0.25) is 0 Å². The molecule has 1 rings (SSSR count). The number of hydrogen-bond donors (Lipinski definition) is 1. The van der Waals surface area contributed by atoms with Gasteiger partial charge in [0.2, 0.25) is 5.91 Å². The van der Waals surface area contributed by atoms with E-state index in [0.717, 1.165) is 25.7 Å². The molecule has 0 unspecified atom stereocenters. The van der Waals surface area contributed by atoms with Gasteiger partial charge in [0.15, 0.2) is 0 Å². The first-order chi connectivity index (χ1) is 10.7. The third-order valence-corrected chi connectivity index (χ3v) is 3.24. The molecule has 122 valence electrons. The summed E-state index contributed by atoms with van der Waals surface area (Å²) in [6.45, 7) is 2.65. The van der Waals surface area contributed by atoms with Gasteiger partial charge in [-0.1, -0.05) is 26.2 Å². The van der Waals surface area contributed by atoms with E-state index in [0.29, 0.717) is 24.3 Å². The maximum Gasteiger partial charge on any atom is 0.338 e. The van der Waals surface area contributed by atoms with Crippen molar-refractivity contribution in [1.29, 1.82) is 0 Å². The molecule has 0 aliphatic heterocycles. The number of carbonyl (C=O) groups is 2. The molecule has 1 aromatic rings. The van der Waals surface area contributed by atoms with Crippen molar-refractivity contribution in [1.82, 2.24) is 5.32 Å². The van der Waals surface area contributed by atoms with Crippen LogP contribution in [-0.2, 0) is 9.53 Å². The highest BCUT2D eigenvalue weighted by atomic mass is 16.5. The van der Waals surface area contributed by atoms with Gasteiger partial charge in [-0.3, -0.25) is 4.79 Å². The van der Waals surface area contributed by atoms with Gasteiger partial charge >= 0.3 is 5.97 Å². The minimum absolute atomic E-state index is 0.0107. The number of hydrogen-bond acceptors (Lipinski definition) is 4. The van der Waals surface area contributed by atoms with Crippen molar-refractivity contribution >= 4 is 11.9 Å². The van der Waals surface area contributed by atoms with Crippen molar-refractivity contribution in [3.05, 3.63) is 29.8 Å². The second kappa shape index (κ2) is 10.7. The molecule has 1 aromatic carbocycles. The average Bonchev–Trinajstić information content (AvgIpc) is 2.55. The zero-order valence-electron chi connectivity index (χ0n) is 13.4. The van der Waals surface area contributed by atoms with Gasteiger partial charge in [0, 0.05) is 6.42 Å². The Morgan fingerprint density at radius 2 is 1.82 bits per heavy atom. The second-order valence-electron chi connectivity index (χ2n) is 5.03. The molecule has 0 aromatic heterocycles. The molecule has 0 heterocycles. The number of amides is 1. The van der Waals surface area contributed by atoms with Gasteiger partial charge in [0.25, 0.3) is 0 Å². The van der Waals surface area contributed by atoms with E-state index in [4.69, 9.17) is 9.47 Å². The fraction of sp³-hybridized carbons (Fsp3) is 0.529. The number of carbonyl (C=O) groups excluding carboxylic acids is 2. The molecule has 0 aliphatic rings. The van der Waals surface area contributed by atoms with Gasteiger partial charge in [0.05, 0.1) is 19.2 Å². The molecule has 0 bridgehead atoms. The predicted molar refractivity (Wildman–Crippen MR) is 85.0 cm³/mol. The molecule has 1 amide bonds.